The predicted molar refractivity (Wildman–Crippen MR) is 52.6 cm³/mol. The van der Waals surface area contributed by atoms with Crippen LogP contribution < -0.4 is 0 Å². The van der Waals surface area contributed by atoms with Crippen LogP contribution in [-0.4, -0.2) is 35.9 Å². The number of hydrogen-bond acceptors (Lipinski definition) is 3. The van der Waals surface area contributed by atoms with E-state index in [-0.39, 0.29) is 5.60 Å². The Morgan fingerprint density at radius 2 is 2.08 bits per heavy atom. The van der Waals surface area contributed by atoms with Crippen molar-refractivity contribution in [2.45, 2.75) is 31.3 Å². The highest BCUT2D eigenvalue weighted by molar-refractivity contribution is 7.99. The highest BCUT2D eigenvalue weighted by atomic mass is 32.2. The third kappa shape index (κ3) is 3.33. The first kappa shape index (κ1) is 10.4. The molecule has 0 aliphatic heterocycles. The van der Waals surface area contributed by atoms with Gasteiger partial charge in [-0.1, -0.05) is 12.8 Å². The molecule has 0 aromatic heterocycles. The lowest BCUT2D eigenvalue weighted by Crippen LogP contribution is -2.27. The van der Waals surface area contributed by atoms with Gasteiger partial charge in [-0.2, -0.15) is 11.8 Å². The molecule has 1 N–H and O–H groups in total. The number of hydrogen-bond donors (Lipinski definition) is 1. The highest BCUT2D eigenvalue weighted by Crippen LogP contribution is 2.32. The largest absolute Gasteiger partial charge is 0.389 e. The van der Waals surface area contributed by atoms with E-state index in [2.05, 4.69) is 0 Å². The molecule has 1 rings (SSSR count). The molecule has 0 heterocycles. The molecule has 1 fully saturated rings. The Bertz CT molecular complexity index is 122. The van der Waals surface area contributed by atoms with Gasteiger partial charge in [0.25, 0.3) is 0 Å². The van der Waals surface area contributed by atoms with E-state index < -0.39 is 0 Å². The second-order valence-electron chi connectivity index (χ2n) is 3.48. The van der Waals surface area contributed by atoms with Gasteiger partial charge in [-0.25, -0.2) is 0 Å². The second kappa shape index (κ2) is 5.10. The van der Waals surface area contributed by atoms with Gasteiger partial charge >= 0.3 is 0 Å². The van der Waals surface area contributed by atoms with Crippen molar-refractivity contribution in [2.24, 2.45) is 0 Å². The van der Waals surface area contributed by atoms with Gasteiger partial charge < -0.3 is 9.84 Å². The highest BCUT2D eigenvalue weighted by Gasteiger charge is 2.30. The van der Waals surface area contributed by atoms with Crippen molar-refractivity contribution >= 4 is 11.8 Å². The molecule has 12 heavy (non-hydrogen) atoms. The van der Waals surface area contributed by atoms with Crippen LogP contribution in [0.15, 0.2) is 0 Å². The Kier molecular flexibility index (Phi) is 4.40. The summed E-state index contributed by atoms with van der Waals surface area (Å²) in [6.45, 7) is 0.792. The van der Waals surface area contributed by atoms with Crippen LogP contribution in [0.1, 0.15) is 25.7 Å². The Labute approximate surface area is 78.7 Å². The zero-order chi connectivity index (χ0) is 8.86. The molecule has 0 aromatic carbocycles. The zero-order valence-electron chi connectivity index (χ0n) is 7.71. The normalized spacial score (nSPS) is 21.5. The lowest BCUT2D eigenvalue weighted by atomic mass is 10.1. The fraction of sp³-hybridized carbons (Fsp3) is 1.00. The van der Waals surface area contributed by atoms with Gasteiger partial charge in [-0.15, -0.1) is 0 Å². The Morgan fingerprint density at radius 1 is 1.42 bits per heavy atom. The molecule has 72 valence electrons. The summed E-state index contributed by atoms with van der Waals surface area (Å²) in [5.41, 5.74) is -0.349. The smallest absolute Gasteiger partial charge is 0.0737 e. The predicted octanol–water partition coefficient (Wildman–Crippen LogP) is 1.67. The Balaban J connectivity index is 2.05. The first-order valence-corrected chi connectivity index (χ1v) is 5.71. The van der Waals surface area contributed by atoms with Crippen LogP contribution >= 0.6 is 11.8 Å². The summed E-state index contributed by atoms with van der Waals surface area (Å²) in [6.07, 6.45) is 4.38. The van der Waals surface area contributed by atoms with Gasteiger partial charge in [-0.3, -0.25) is 0 Å². The summed E-state index contributed by atoms with van der Waals surface area (Å²) in [4.78, 5) is 0. The summed E-state index contributed by atoms with van der Waals surface area (Å²) in [6, 6.07) is 0. The maximum atomic E-state index is 9.93. The molecule has 1 aliphatic carbocycles. The van der Waals surface area contributed by atoms with Gasteiger partial charge in [0.05, 0.1) is 12.2 Å². The third-order valence-electron chi connectivity index (χ3n) is 2.34. The van der Waals surface area contributed by atoms with Gasteiger partial charge in [0, 0.05) is 18.6 Å². The summed E-state index contributed by atoms with van der Waals surface area (Å²) in [5, 5.41) is 9.93. The molecule has 0 atom stereocenters. The first-order chi connectivity index (χ1) is 5.77. The summed E-state index contributed by atoms with van der Waals surface area (Å²) in [5.74, 6) is 1.88. The van der Waals surface area contributed by atoms with Crippen molar-refractivity contribution in [3.63, 3.8) is 0 Å². The molecular formula is C9H18O2S. The average molecular weight is 190 g/mol. The zero-order valence-corrected chi connectivity index (χ0v) is 8.53. The molecular weight excluding hydrogens is 172 g/mol. The molecule has 3 heteroatoms. The molecule has 0 radical (unpaired) electrons. The molecule has 0 amide bonds. The second-order valence-corrected chi connectivity index (χ2v) is 4.58. The van der Waals surface area contributed by atoms with Crippen molar-refractivity contribution in [1.29, 1.82) is 0 Å². The van der Waals surface area contributed by atoms with Crippen LogP contribution in [-0.2, 0) is 4.74 Å². The average Bonchev–Trinajstić information content (AvgIpc) is 2.47. The third-order valence-corrected chi connectivity index (χ3v) is 3.53. The van der Waals surface area contributed by atoms with E-state index in [0.717, 1.165) is 31.0 Å². The Hall–Kier alpha value is 0.270. The van der Waals surface area contributed by atoms with Gasteiger partial charge in [0.15, 0.2) is 0 Å². The van der Waals surface area contributed by atoms with Crippen molar-refractivity contribution in [1.82, 2.24) is 0 Å². The van der Waals surface area contributed by atoms with E-state index in [0.29, 0.717) is 0 Å². The molecule has 0 bridgehead atoms. The minimum atomic E-state index is -0.349. The number of aliphatic hydroxyl groups is 1. The minimum absolute atomic E-state index is 0.349. The van der Waals surface area contributed by atoms with E-state index in [4.69, 9.17) is 4.74 Å². The molecule has 2 nitrogen and oxygen atoms in total. The van der Waals surface area contributed by atoms with Crippen LogP contribution in [0.25, 0.3) is 0 Å². The van der Waals surface area contributed by atoms with Gasteiger partial charge in [0.1, 0.15) is 0 Å². The van der Waals surface area contributed by atoms with Crippen LogP contribution in [0.5, 0.6) is 0 Å². The lowest BCUT2D eigenvalue weighted by molar-refractivity contribution is 0.0732. The van der Waals surface area contributed by atoms with Crippen LogP contribution in [0, 0.1) is 0 Å². The maximum absolute atomic E-state index is 9.93. The molecule has 0 saturated heterocycles. The van der Waals surface area contributed by atoms with Crippen molar-refractivity contribution in [3.05, 3.63) is 0 Å². The van der Waals surface area contributed by atoms with E-state index in [1.54, 1.807) is 18.9 Å². The van der Waals surface area contributed by atoms with Crippen LogP contribution in [0.3, 0.4) is 0 Å². The van der Waals surface area contributed by atoms with Gasteiger partial charge in [0.2, 0.25) is 0 Å². The summed E-state index contributed by atoms with van der Waals surface area (Å²) >= 11 is 1.80. The first-order valence-electron chi connectivity index (χ1n) is 4.56. The van der Waals surface area contributed by atoms with E-state index in [9.17, 15) is 5.11 Å². The number of thioether (sulfide) groups is 1. The molecule has 0 unspecified atom stereocenters. The molecule has 1 saturated carbocycles. The molecule has 0 aromatic rings. The quantitative estimate of drug-likeness (QED) is 0.669. The minimum Gasteiger partial charge on any atom is -0.389 e. The molecule has 1 aliphatic rings. The number of rotatable bonds is 5. The fourth-order valence-corrected chi connectivity index (χ4v) is 2.68. The Morgan fingerprint density at radius 3 is 2.67 bits per heavy atom. The molecule has 0 spiro atoms. The number of methoxy groups -OCH3 is 1. The van der Waals surface area contributed by atoms with Crippen LogP contribution in [0.4, 0.5) is 0 Å². The summed E-state index contributed by atoms with van der Waals surface area (Å²) in [7, 11) is 1.71. The SMILES string of the molecule is COCCSCC1(O)CCCC1. The van der Waals surface area contributed by atoms with Crippen molar-refractivity contribution in [3.8, 4) is 0 Å². The lowest BCUT2D eigenvalue weighted by Gasteiger charge is -2.20. The van der Waals surface area contributed by atoms with E-state index >= 15 is 0 Å². The topological polar surface area (TPSA) is 29.5 Å². The fourth-order valence-electron chi connectivity index (χ4n) is 1.58. The van der Waals surface area contributed by atoms with E-state index in [1.807, 2.05) is 0 Å². The monoisotopic (exact) mass is 190 g/mol. The van der Waals surface area contributed by atoms with Crippen molar-refractivity contribution < 1.29 is 9.84 Å². The number of ether oxygens (including phenoxy) is 1. The van der Waals surface area contributed by atoms with E-state index in [1.165, 1.54) is 12.8 Å². The van der Waals surface area contributed by atoms with Gasteiger partial charge in [-0.05, 0) is 12.8 Å². The summed E-state index contributed by atoms with van der Waals surface area (Å²) < 4.78 is 4.94. The standard InChI is InChI=1S/C9H18O2S/c1-11-6-7-12-8-9(10)4-2-3-5-9/h10H,2-8H2,1H3. The van der Waals surface area contributed by atoms with Crippen molar-refractivity contribution in [2.75, 3.05) is 25.2 Å². The van der Waals surface area contributed by atoms with Crippen LogP contribution in [0.2, 0.25) is 0 Å². The maximum Gasteiger partial charge on any atom is 0.0737 e.